The summed E-state index contributed by atoms with van der Waals surface area (Å²) in [7, 11) is 0. The minimum atomic E-state index is -1.07. The number of imide groups is 1. The summed E-state index contributed by atoms with van der Waals surface area (Å²) in [5.41, 5.74) is -0.419. The lowest BCUT2D eigenvalue weighted by atomic mass is 9.84. The molecular weight excluding hydrogens is 270 g/mol. The van der Waals surface area contributed by atoms with Crippen LogP contribution < -0.4 is 0 Å². The zero-order valence-corrected chi connectivity index (χ0v) is 11.0. The van der Waals surface area contributed by atoms with Gasteiger partial charge in [0.15, 0.2) is 6.29 Å². The number of fused-ring (bicyclic) bond motifs is 1. The first kappa shape index (κ1) is 13.3. The molecule has 0 radical (unpaired) electrons. The van der Waals surface area contributed by atoms with Crippen molar-refractivity contribution in [2.75, 3.05) is 13.2 Å². The highest BCUT2D eigenvalue weighted by atomic mass is 16.8. The van der Waals surface area contributed by atoms with Crippen molar-refractivity contribution in [3.8, 4) is 0 Å². The average Bonchev–Trinajstić information content (AvgIpc) is 3.00. The van der Waals surface area contributed by atoms with E-state index in [4.69, 9.17) is 14.2 Å². The van der Waals surface area contributed by atoms with Crippen molar-refractivity contribution >= 4 is 18.0 Å². The minimum Gasteiger partial charge on any atom is -0.426 e. The molecule has 8 nitrogen and oxygen atoms in total. The lowest BCUT2D eigenvalue weighted by Crippen LogP contribution is -2.39. The number of nitrogens with zero attached hydrogens (tertiary/aromatic N) is 1. The zero-order chi connectivity index (χ0) is 14.3. The minimum absolute atomic E-state index is 0.0479. The van der Waals surface area contributed by atoms with E-state index in [-0.39, 0.29) is 19.4 Å². The van der Waals surface area contributed by atoms with Gasteiger partial charge in [-0.3, -0.25) is 14.4 Å². The van der Waals surface area contributed by atoms with E-state index in [0.717, 1.165) is 0 Å². The Hall–Kier alpha value is -1.67. The van der Waals surface area contributed by atoms with Gasteiger partial charge in [0.05, 0.1) is 18.6 Å². The molecule has 0 saturated carbocycles. The summed E-state index contributed by atoms with van der Waals surface area (Å²) in [6.07, 6.45) is -1.18. The maximum atomic E-state index is 11.7. The summed E-state index contributed by atoms with van der Waals surface area (Å²) >= 11 is 0. The summed E-state index contributed by atoms with van der Waals surface area (Å²) in [4.78, 5) is 39.0. The molecule has 0 aromatic heterocycles. The van der Waals surface area contributed by atoms with E-state index in [1.54, 1.807) is 0 Å². The second kappa shape index (κ2) is 4.71. The van der Waals surface area contributed by atoms with Crippen molar-refractivity contribution in [2.24, 2.45) is 5.41 Å². The van der Waals surface area contributed by atoms with E-state index >= 15 is 0 Å². The molecule has 3 aliphatic rings. The fourth-order valence-corrected chi connectivity index (χ4v) is 2.65. The number of amides is 2. The number of ether oxygens (including phenoxy) is 3. The van der Waals surface area contributed by atoms with E-state index in [9.17, 15) is 14.4 Å². The zero-order valence-electron chi connectivity index (χ0n) is 11.0. The van der Waals surface area contributed by atoms with Crippen LogP contribution in [0.15, 0.2) is 0 Å². The molecular formula is C12H15NO7. The summed E-state index contributed by atoms with van der Waals surface area (Å²) < 4.78 is 16.0. The number of rotatable bonds is 2. The molecule has 8 heteroatoms. The highest BCUT2D eigenvalue weighted by Gasteiger charge is 2.54. The molecule has 110 valence electrons. The van der Waals surface area contributed by atoms with Crippen molar-refractivity contribution in [3.05, 3.63) is 0 Å². The predicted octanol–water partition coefficient (Wildman–Crippen LogP) is 0.355. The monoisotopic (exact) mass is 285 g/mol. The van der Waals surface area contributed by atoms with E-state index in [0.29, 0.717) is 18.1 Å². The topological polar surface area (TPSA) is 91.4 Å². The molecule has 3 rings (SSSR count). The van der Waals surface area contributed by atoms with Gasteiger partial charge in [0.2, 0.25) is 0 Å². The summed E-state index contributed by atoms with van der Waals surface area (Å²) in [6, 6.07) is 0. The van der Waals surface area contributed by atoms with Crippen LogP contribution in [0, 0.1) is 5.41 Å². The van der Waals surface area contributed by atoms with Gasteiger partial charge in [-0.2, -0.15) is 0 Å². The highest BCUT2D eigenvalue weighted by molar-refractivity contribution is 6.01. The van der Waals surface area contributed by atoms with Gasteiger partial charge >= 0.3 is 6.16 Å². The van der Waals surface area contributed by atoms with Crippen LogP contribution in [0.4, 0.5) is 4.79 Å². The Labute approximate surface area is 114 Å². The van der Waals surface area contributed by atoms with E-state index < -0.39 is 35.8 Å². The van der Waals surface area contributed by atoms with Crippen LogP contribution in [0.2, 0.25) is 0 Å². The van der Waals surface area contributed by atoms with Crippen molar-refractivity contribution in [2.45, 2.75) is 38.6 Å². The Kier molecular flexibility index (Phi) is 3.14. The molecule has 3 aliphatic heterocycles. The van der Waals surface area contributed by atoms with Crippen LogP contribution in [0.25, 0.3) is 0 Å². The van der Waals surface area contributed by atoms with Gasteiger partial charge in [0.1, 0.15) is 6.10 Å². The molecule has 3 atom stereocenters. The summed E-state index contributed by atoms with van der Waals surface area (Å²) in [5, 5.41) is 0.461. The second-order valence-electron chi connectivity index (χ2n) is 5.32. The Balaban J connectivity index is 1.59. The van der Waals surface area contributed by atoms with Gasteiger partial charge in [0.25, 0.3) is 11.8 Å². The molecule has 2 amide bonds. The van der Waals surface area contributed by atoms with Crippen molar-refractivity contribution in [1.29, 1.82) is 0 Å². The number of hydrogen-bond donors (Lipinski definition) is 0. The third-order valence-corrected chi connectivity index (χ3v) is 3.99. The number of carbonyl (C=O) groups is 3. The lowest BCUT2D eigenvalue weighted by Gasteiger charge is -2.26. The molecule has 0 N–H and O–H groups in total. The smallest absolute Gasteiger partial charge is 0.426 e. The van der Waals surface area contributed by atoms with Crippen LogP contribution in [-0.4, -0.2) is 48.6 Å². The van der Waals surface area contributed by atoms with Crippen molar-refractivity contribution < 1.29 is 33.4 Å². The molecule has 3 fully saturated rings. The fraction of sp³-hybridized carbons (Fsp3) is 0.750. The Bertz CT molecular complexity index is 449. The third-order valence-electron chi connectivity index (χ3n) is 3.99. The number of hydroxylamine groups is 2. The quantitative estimate of drug-likeness (QED) is 0.534. The first-order valence-electron chi connectivity index (χ1n) is 6.48. The molecule has 3 heterocycles. The van der Waals surface area contributed by atoms with Crippen LogP contribution in [0.1, 0.15) is 26.2 Å². The summed E-state index contributed by atoms with van der Waals surface area (Å²) in [6.45, 7) is 2.65. The predicted molar refractivity (Wildman–Crippen MR) is 60.9 cm³/mol. The molecule has 0 aromatic carbocycles. The standard InChI is InChI=1S/C12H15NO7/c1-12-4-5-17-10(12)18-6-7(12)19-11(16)20-13-8(14)2-3-9(13)15/h7,10H,2-6H2,1H3/t7-,10+,12-/m0/s1. The average molecular weight is 285 g/mol. The van der Waals surface area contributed by atoms with E-state index in [1.165, 1.54) is 0 Å². The van der Waals surface area contributed by atoms with E-state index in [1.807, 2.05) is 6.92 Å². The molecule has 0 aromatic rings. The van der Waals surface area contributed by atoms with Gasteiger partial charge in [-0.15, -0.1) is 0 Å². The normalized spacial score (nSPS) is 36.4. The Morgan fingerprint density at radius 1 is 1.30 bits per heavy atom. The second-order valence-corrected chi connectivity index (χ2v) is 5.32. The Morgan fingerprint density at radius 2 is 2.00 bits per heavy atom. The van der Waals surface area contributed by atoms with Crippen molar-refractivity contribution in [3.63, 3.8) is 0 Å². The third kappa shape index (κ3) is 2.04. The Morgan fingerprint density at radius 3 is 2.70 bits per heavy atom. The van der Waals surface area contributed by atoms with Crippen LogP contribution in [0.3, 0.4) is 0 Å². The molecule has 20 heavy (non-hydrogen) atoms. The first-order valence-corrected chi connectivity index (χ1v) is 6.48. The van der Waals surface area contributed by atoms with Gasteiger partial charge in [0, 0.05) is 12.8 Å². The van der Waals surface area contributed by atoms with Gasteiger partial charge in [-0.05, 0) is 6.42 Å². The van der Waals surface area contributed by atoms with Gasteiger partial charge in [-0.25, -0.2) is 4.79 Å². The molecule has 0 spiro atoms. The van der Waals surface area contributed by atoms with Crippen LogP contribution in [0.5, 0.6) is 0 Å². The van der Waals surface area contributed by atoms with Crippen molar-refractivity contribution in [1.82, 2.24) is 5.06 Å². The van der Waals surface area contributed by atoms with Crippen LogP contribution in [-0.2, 0) is 28.6 Å². The maximum absolute atomic E-state index is 11.7. The van der Waals surface area contributed by atoms with Gasteiger partial charge in [-0.1, -0.05) is 12.0 Å². The molecule has 3 saturated heterocycles. The van der Waals surface area contributed by atoms with Gasteiger partial charge < -0.3 is 14.2 Å². The SMILES string of the molecule is C[C@@]12CCO[C@@H]1OC[C@@H]2OC(=O)ON1C(=O)CCC1=O. The lowest BCUT2D eigenvalue weighted by molar-refractivity contribution is -0.179. The number of carbonyl (C=O) groups excluding carboxylic acids is 3. The molecule has 0 aliphatic carbocycles. The summed E-state index contributed by atoms with van der Waals surface area (Å²) in [5.74, 6) is -1.08. The van der Waals surface area contributed by atoms with Crippen LogP contribution >= 0.6 is 0 Å². The maximum Gasteiger partial charge on any atom is 0.534 e. The highest BCUT2D eigenvalue weighted by Crippen LogP contribution is 2.44. The largest absolute Gasteiger partial charge is 0.534 e. The fourth-order valence-electron chi connectivity index (χ4n) is 2.65. The molecule has 0 bridgehead atoms. The first-order chi connectivity index (χ1) is 9.50. The molecule has 0 unspecified atom stereocenters. The number of hydrogen-bond acceptors (Lipinski definition) is 7. The van der Waals surface area contributed by atoms with E-state index in [2.05, 4.69) is 4.84 Å².